The Bertz CT molecular complexity index is 686. The molecule has 0 spiro atoms. The second kappa shape index (κ2) is 6.55. The summed E-state index contributed by atoms with van der Waals surface area (Å²) < 4.78 is 54.2. The first-order chi connectivity index (χ1) is 11.4. The molecule has 1 aromatic carbocycles. The summed E-state index contributed by atoms with van der Waals surface area (Å²) >= 11 is 0. The number of aliphatic imine (C=N–C) groups is 1. The first-order valence-electron chi connectivity index (χ1n) is 8.00. The molecular formula is C17H19F4N3. The Balaban J connectivity index is 2.02. The average Bonchev–Trinajstić information content (AvgIpc) is 2.54. The van der Waals surface area contributed by atoms with E-state index in [4.69, 9.17) is 5.73 Å². The van der Waals surface area contributed by atoms with Gasteiger partial charge in [0, 0.05) is 11.6 Å². The number of halogens is 4. The van der Waals surface area contributed by atoms with E-state index in [1.807, 2.05) is 0 Å². The minimum atomic E-state index is -4.55. The summed E-state index contributed by atoms with van der Waals surface area (Å²) in [5.74, 6) is -0.701. The van der Waals surface area contributed by atoms with Gasteiger partial charge in [-0.05, 0) is 62.5 Å². The summed E-state index contributed by atoms with van der Waals surface area (Å²) in [5, 5.41) is 3.12. The fourth-order valence-electron chi connectivity index (χ4n) is 3.33. The topological polar surface area (TPSA) is 50.4 Å². The van der Waals surface area contributed by atoms with Crippen molar-refractivity contribution in [3.8, 4) is 0 Å². The summed E-state index contributed by atoms with van der Waals surface area (Å²) in [6.07, 6.45) is -2.95. The molecule has 0 radical (unpaired) electrons. The van der Waals surface area contributed by atoms with E-state index in [9.17, 15) is 17.6 Å². The van der Waals surface area contributed by atoms with Gasteiger partial charge in [-0.1, -0.05) is 0 Å². The third-order valence-corrected chi connectivity index (χ3v) is 4.57. The largest absolute Gasteiger partial charge is 0.419 e. The number of fused-ring (bicyclic) bond motifs is 1. The van der Waals surface area contributed by atoms with Gasteiger partial charge < -0.3 is 11.1 Å². The number of nitrogens with one attached hydrogen (secondary N) is 1. The third kappa shape index (κ3) is 3.45. The van der Waals surface area contributed by atoms with Crippen LogP contribution in [0.5, 0.6) is 0 Å². The number of hydrogen-bond acceptors (Lipinski definition) is 3. The molecule has 3 rings (SSSR count). The fraction of sp³-hybridized carbons (Fsp3) is 0.471. The molecule has 2 heterocycles. The van der Waals surface area contributed by atoms with Crippen LogP contribution in [0.2, 0.25) is 0 Å². The summed E-state index contributed by atoms with van der Waals surface area (Å²) in [7, 11) is 0. The molecule has 24 heavy (non-hydrogen) atoms. The normalized spacial score (nSPS) is 20.2. The summed E-state index contributed by atoms with van der Waals surface area (Å²) in [6.45, 7) is 1.32. The van der Waals surface area contributed by atoms with Crippen molar-refractivity contribution < 1.29 is 17.6 Å². The van der Waals surface area contributed by atoms with Gasteiger partial charge in [0.25, 0.3) is 0 Å². The third-order valence-electron chi connectivity index (χ3n) is 4.57. The predicted molar refractivity (Wildman–Crippen MR) is 84.7 cm³/mol. The number of benzene rings is 1. The van der Waals surface area contributed by atoms with Gasteiger partial charge in [-0.2, -0.15) is 13.2 Å². The van der Waals surface area contributed by atoms with Gasteiger partial charge in [0.1, 0.15) is 5.82 Å². The van der Waals surface area contributed by atoms with Crippen LogP contribution >= 0.6 is 0 Å². The fourth-order valence-corrected chi connectivity index (χ4v) is 3.33. The van der Waals surface area contributed by atoms with Crippen LogP contribution in [0, 0.1) is 11.7 Å². The van der Waals surface area contributed by atoms with Crippen LogP contribution in [0.1, 0.15) is 24.8 Å². The van der Waals surface area contributed by atoms with Gasteiger partial charge in [-0.25, -0.2) is 4.39 Å². The highest BCUT2D eigenvalue weighted by atomic mass is 19.4. The Morgan fingerprint density at radius 1 is 1.17 bits per heavy atom. The van der Waals surface area contributed by atoms with E-state index in [1.54, 1.807) is 0 Å². The minimum absolute atomic E-state index is 0.0439. The number of rotatable bonds is 2. The zero-order valence-corrected chi connectivity index (χ0v) is 13.1. The number of alkyl halides is 3. The van der Waals surface area contributed by atoms with Crippen molar-refractivity contribution in [1.29, 1.82) is 0 Å². The van der Waals surface area contributed by atoms with Gasteiger partial charge in [0.2, 0.25) is 0 Å². The molecule has 0 saturated carbocycles. The van der Waals surface area contributed by atoms with E-state index in [0.717, 1.165) is 0 Å². The zero-order valence-electron chi connectivity index (χ0n) is 13.1. The van der Waals surface area contributed by atoms with E-state index >= 15 is 0 Å². The van der Waals surface area contributed by atoms with Crippen LogP contribution in [0.25, 0.3) is 0 Å². The molecule has 0 atom stereocenters. The van der Waals surface area contributed by atoms with Crippen molar-refractivity contribution in [1.82, 2.24) is 5.32 Å². The molecule has 3 nitrogen and oxygen atoms in total. The standard InChI is InChI=1S/C17H19F4N3/c18-12-2-4-13-11(9-12)1-3-14(24-13)15(17(19,20)21)16(22)10-5-7-23-8-6-10/h2,4,9-10,23H,1,3,5-8,22H2/b16-15+. The molecule has 1 saturated heterocycles. The van der Waals surface area contributed by atoms with E-state index < -0.39 is 17.6 Å². The molecule has 130 valence electrons. The monoisotopic (exact) mass is 341 g/mol. The maximum absolute atomic E-state index is 13.7. The van der Waals surface area contributed by atoms with Gasteiger partial charge >= 0.3 is 6.18 Å². The molecule has 0 amide bonds. The molecule has 7 heteroatoms. The van der Waals surface area contributed by atoms with E-state index in [0.29, 0.717) is 43.6 Å². The second-order valence-corrected chi connectivity index (χ2v) is 6.18. The lowest BCUT2D eigenvalue weighted by Gasteiger charge is -2.27. The van der Waals surface area contributed by atoms with Gasteiger partial charge in [-0.3, -0.25) is 4.99 Å². The highest BCUT2D eigenvalue weighted by Gasteiger charge is 2.41. The molecule has 2 aliphatic rings. The molecule has 2 aliphatic heterocycles. The van der Waals surface area contributed by atoms with Crippen molar-refractivity contribution >= 4 is 11.4 Å². The van der Waals surface area contributed by atoms with E-state index in [-0.39, 0.29) is 23.7 Å². The second-order valence-electron chi connectivity index (χ2n) is 6.18. The van der Waals surface area contributed by atoms with Crippen LogP contribution in [0.15, 0.2) is 34.5 Å². The molecule has 3 N–H and O–H groups in total. The first-order valence-corrected chi connectivity index (χ1v) is 8.00. The van der Waals surface area contributed by atoms with E-state index in [1.165, 1.54) is 18.2 Å². The lowest BCUT2D eigenvalue weighted by Crippen LogP contribution is -2.34. The quantitative estimate of drug-likeness (QED) is 0.807. The maximum Gasteiger partial charge on any atom is 0.419 e. The van der Waals surface area contributed by atoms with Crippen molar-refractivity contribution in [3.05, 3.63) is 40.8 Å². The molecule has 0 aromatic heterocycles. The molecule has 0 aliphatic carbocycles. The van der Waals surface area contributed by atoms with E-state index in [2.05, 4.69) is 10.3 Å². The van der Waals surface area contributed by atoms with Crippen molar-refractivity contribution in [3.63, 3.8) is 0 Å². The Morgan fingerprint density at radius 2 is 1.88 bits per heavy atom. The molecule has 0 unspecified atom stereocenters. The zero-order chi connectivity index (χ0) is 17.3. The van der Waals surface area contributed by atoms with Gasteiger partial charge in [0.05, 0.1) is 17.0 Å². The van der Waals surface area contributed by atoms with Crippen molar-refractivity contribution in [2.24, 2.45) is 16.6 Å². The molecule has 1 aromatic rings. The summed E-state index contributed by atoms with van der Waals surface area (Å²) in [6, 6.07) is 3.94. The van der Waals surface area contributed by atoms with Crippen LogP contribution in [0.4, 0.5) is 23.2 Å². The van der Waals surface area contributed by atoms with Crippen molar-refractivity contribution in [2.75, 3.05) is 13.1 Å². The number of allylic oxidation sites excluding steroid dienone is 2. The highest BCUT2D eigenvalue weighted by Crippen LogP contribution is 2.37. The lowest BCUT2D eigenvalue weighted by atomic mass is 9.88. The SMILES string of the molecule is N/C(=C(\C1=Nc2ccc(F)cc2CC1)C(F)(F)F)C1CCNCC1. The number of nitrogens with zero attached hydrogens (tertiary/aromatic N) is 1. The van der Waals surface area contributed by atoms with Crippen LogP contribution in [0.3, 0.4) is 0 Å². The lowest BCUT2D eigenvalue weighted by molar-refractivity contribution is -0.0875. The van der Waals surface area contributed by atoms with Gasteiger partial charge in [-0.15, -0.1) is 0 Å². The first kappa shape index (κ1) is 17.0. The Kier molecular flexibility index (Phi) is 4.62. The van der Waals surface area contributed by atoms with Crippen LogP contribution in [-0.4, -0.2) is 25.0 Å². The number of aryl methyl sites for hydroxylation is 1. The molecule has 1 fully saturated rings. The summed E-state index contributed by atoms with van der Waals surface area (Å²) in [5.41, 5.74) is 5.99. The highest BCUT2D eigenvalue weighted by molar-refractivity contribution is 6.04. The molecule has 0 bridgehead atoms. The average molecular weight is 341 g/mol. The summed E-state index contributed by atoms with van der Waals surface area (Å²) in [4.78, 5) is 4.15. The maximum atomic E-state index is 13.7. The van der Waals surface area contributed by atoms with Crippen molar-refractivity contribution in [2.45, 2.75) is 31.9 Å². The number of nitrogens with two attached hydrogens (primary N) is 1. The van der Waals surface area contributed by atoms with Crippen LogP contribution in [-0.2, 0) is 6.42 Å². The number of piperidine rings is 1. The number of hydrogen-bond donors (Lipinski definition) is 2. The van der Waals surface area contributed by atoms with Gasteiger partial charge in [0.15, 0.2) is 0 Å². The smallest absolute Gasteiger partial charge is 0.401 e. The molecular weight excluding hydrogens is 322 g/mol. The Morgan fingerprint density at radius 3 is 2.54 bits per heavy atom. The Labute approximate surface area is 137 Å². The van der Waals surface area contributed by atoms with Crippen LogP contribution < -0.4 is 11.1 Å². The predicted octanol–water partition coefficient (Wildman–Crippen LogP) is 3.62. The minimum Gasteiger partial charge on any atom is -0.401 e. The Hall–Kier alpha value is -1.89.